The molecule has 1 heterocycles. The number of cyclic esters (lactones) is 1. The van der Waals surface area contributed by atoms with Gasteiger partial charge in [-0.2, -0.15) is 0 Å². The molecule has 1 aliphatic heterocycles. The van der Waals surface area contributed by atoms with Crippen LogP contribution in [0.15, 0.2) is 0 Å². The lowest BCUT2D eigenvalue weighted by Crippen LogP contribution is -2.46. The van der Waals surface area contributed by atoms with E-state index in [2.05, 4.69) is 18.9 Å². The third-order valence-electron chi connectivity index (χ3n) is 6.62. The van der Waals surface area contributed by atoms with Crippen molar-refractivity contribution < 1.29 is 19.4 Å². The van der Waals surface area contributed by atoms with E-state index in [4.69, 9.17) is 4.74 Å². The average Bonchev–Trinajstić information content (AvgIpc) is 2.60. The van der Waals surface area contributed by atoms with Crippen molar-refractivity contribution in [2.75, 3.05) is 20.2 Å². The van der Waals surface area contributed by atoms with Crippen LogP contribution in [0.25, 0.3) is 0 Å². The summed E-state index contributed by atoms with van der Waals surface area (Å²) < 4.78 is 5.72. The number of esters is 1. The molecule has 0 spiro atoms. The van der Waals surface area contributed by atoms with E-state index >= 15 is 0 Å². The van der Waals surface area contributed by atoms with E-state index in [1.165, 1.54) is 32.1 Å². The van der Waals surface area contributed by atoms with Crippen molar-refractivity contribution in [1.82, 2.24) is 4.90 Å². The minimum absolute atomic E-state index is 0.138. The molecule has 27 heavy (non-hydrogen) atoms. The number of ketones is 1. The SMILES string of the molecule is C[C@@H]1C[C@@H](O)C[C@@H](C)C(=O)C(C)(C)C(=O)OC[C@@H](C2CCCCC2)N(C)C1. The maximum atomic E-state index is 12.8. The van der Waals surface area contributed by atoms with Crippen molar-refractivity contribution in [3.8, 4) is 0 Å². The van der Waals surface area contributed by atoms with Crippen LogP contribution in [0.1, 0.15) is 72.6 Å². The molecular formula is C22H39NO4. The zero-order valence-corrected chi connectivity index (χ0v) is 17.9. The van der Waals surface area contributed by atoms with Gasteiger partial charge in [0.1, 0.15) is 12.0 Å². The van der Waals surface area contributed by atoms with Crippen LogP contribution in [-0.4, -0.2) is 54.1 Å². The second-order valence-electron chi connectivity index (χ2n) is 9.62. The summed E-state index contributed by atoms with van der Waals surface area (Å²) >= 11 is 0. The number of likely N-dealkylation sites (N-methyl/N-ethyl adjacent to an activating group) is 1. The topological polar surface area (TPSA) is 66.8 Å². The number of hydrogen-bond acceptors (Lipinski definition) is 5. The zero-order valence-electron chi connectivity index (χ0n) is 17.9. The normalized spacial score (nSPS) is 35.6. The maximum Gasteiger partial charge on any atom is 0.319 e. The maximum absolute atomic E-state index is 12.8. The third kappa shape index (κ3) is 5.77. The van der Waals surface area contributed by atoms with E-state index in [-0.39, 0.29) is 17.7 Å². The van der Waals surface area contributed by atoms with E-state index in [0.717, 1.165) is 6.54 Å². The van der Waals surface area contributed by atoms with E-state index < -0.39 is 17.5 Å². The highest BCUT2D eigenvalue weighted by Crippen LogP contribution is 2.32. The largest absolute Gasteiger partial charge is 0.463 e. The Morgan fingerprint density at radius 1 is 1.07 bits per heavy atom. The number of aliphatic hydroxyl groups is 1. The van der Waals surface area contributed by atoms with Crippen LogP contribution in [-0.2, 0) is 14.3 Å². The first kappa shape index (κ1) is 22.4. The summed E-state index contributed by atoms with van der Waals surface area (Å²) in [5.41, 5.74) is -1.17. The minimum Gasteiger partial charge on any atom is -0.463 e. The lowest BCUT2D eigenvalue weighted by molar-refractivity contribution is -0.161. The highest BCUT2D eigenvalue weighted by Gasteiger charge is 2.41. The first-order valence-electron chi connectivity index (χ1n) is 10.7. The van der Waals surface area contributed by atoms with E-state index in [0.29, 0.717) is 31.3 Å². The predicted octanol–water partition coefficient (Wildman–Crippen LogP) is 3.43. The summed E-state index contributed by atoms with van der Waals surface area (Å²) in [4.78, 5) is 27.9. The van der Waals surface area contributed by atoms with Gasteiger partial charge in [0.25, 0.3) is 0 Å². The van der Waals surface area contributed by atoms with E-state index in [1.54, 1.807) is 13.8 Å². The van der Waals surface area contributed by atoms with Crippen LogP contribution >= 0.6 is 0 Å². The second kappa shape index (κ2) is 9.51. The van der Waals surface area contributed by atoms with Crippen LogP contribution in [0.5, 0.6) is 0 Å². The van der Waals surface area contributed by atoms with Crippen LogP contribution in [0.4, 0.5) is 0 Å². The van der Waals surface area contributed by atoms with Gasteiger partial charge in [0, 0.05) is 18.5 Å². The number of hydrogen-bond donors (Lipinski definition) is 1. The highest BCUT2D eigenvalue weighted by molar-refractivity contribution is 6.03. The fourth-order valence-electron chi connectivity index (χ4n) is 4.98. The number of ether oxygens (including phenoxy) is 1. The van der Waals surface area contributed by atoms with Gasteiger partial charge in [0.2, 0.25) is 0 Å². The lowest BCUT2D eigenvalue weighted by atomic mass is 9.79. The van der Waals surface area contributed by atoms with Gasteiger partial charge in [-0.15, -0.1) is 0 Å². The van der Waals surface area contributed by atoms with Gasteiger partial charge in [-0.1, -0.05) is 33.1 Å². The zero-order chi connectivity index (χ0) is 20.2. The van der Waals surface area contributed by atoms with Gasteiger partial charge in [-0.05, 0) is 58.4 Å². The van der Waals surface area contributed by atoms with Gasteiger partial charge in [0.15, 0.2) is 5.78 Å². The monoisotopic (exact) mass is 381 g/mol. The Kier molecular flexibility index (Phi) is 7.87. The Morgan fingerprint density at radius 3 is 2.33 bits per heavy atom. The molecule has 5 heteroatoms. The van der Waals surface area contributed by atoms with Crippen molar-refractivity contribution in [1.29, 1.82) is 0 Å². The quantitative estimate of drug-likeness (QED) is 0.557. The Bertz CT molecular complexity index is 512. The Balaban J connectivity index is 2.23. The van der Waals surface area contributed by atoms with Crippen molar-refractivity contribution in [2.45, 2.75) is 84.8 Å². The molecule has 2 fully saturated rings. The van der Waals surface area contributed by atoms with Gasteiger partial charge < -0.3 is 9.84 Å². The van der Waals surface area contributed by atoms with Crippen molar-refractivity contribution in [2.24, 2.45) is 23.2 Å². The summed E-state index contributed by atoms with van der Waals surface area (Å²) in [5, 5.41) is 10.5. The van der Waals surface area contributed by atoms with Crippen molar-refractivity contribution >= 4 is 11.8 Å². The molecule has 1 saturated carbocycles. The molecule has 156 valence electrons. The number of carbonyl (C=O) groups is 2. The summed E-state index contributed by atoms with van der Waals surface area (Å²) in [7, 11) is 2.11. The van der Waals surface area contributed by atoms with E-state index in [1.807, 2.05) is 6.92 Å². The molecule has 5 nitrogen and oxygen atoms in total. The summed E-state index contributed by atoms with van der Waals surface area (Å²) in [6, 6.07) is 0.179. The first-order valence-corrected chi connectivity index (χ1v) is 10.7. The number of carbonyl (C=O) groups excluding carboxylic acids is 2. The molecule has 0 bridgehead atoms. The second-order valence-corrected chi connectivity index (χ2v) is 9.62. The van der Waals surface area contributed by atoms with Crippen molar-refractivity contribution in [3.63, 3.8) is 0 Å². The Labute approximate surface area is 164 Å². The standard InChI is InChI=1S/C22H39NO4/c1-15-11-18(24)12-16(2)20(25)22(3,4)21(26)27-14-19(23(5)13-15)17-9-7-6-8-10-17/h15-19,24H,6-14H2,1-5H3/t15-,16-,18-,19+/m1/s1. The average molecular weight is 382 g/mol. The highest BCUT2D eigenvalue weighted by atomic mass is 16.5. The van der Waals surface area contributed by atoms with Crippen LogP contribution in [0, 0.1) is 23.2 Å². The third-order valence-corrected chi connectivity index (χ3v) is 6.62. The molecule has 0 amide bonds. The molecule has 0 radical (unpaired) electrons. The fourth-order valence-corrected chi connectivity index (χ4v) is 4.98. The number of aliphatic hydroxyl groups excluding tert-OH is 1. The van der Waals surface area contributed by atoms with Gasteiger partial charge in [0.05, 0.1) is 6.10 Å². The van der Waals surface area contributed by atoms with Crippen LogP contribution < -0.4 is 0 Å². The van der Waals surface area contributed by atoms with Gasteiger partial charge in [-0.3, -0.25) is 14.5 Å². The Hall–Kier alpha value is -0.940. The molecule has 0 aromatic carbocycles. The molecule has 2 aliphatic rings. The molecule has 1 aliphatic carbocycles. The summed E-state index contributed by atoms with van der Waals surface area (Å²) in [6.07, 6.45) is 6.65. The van der Waals surface area contributed by atoms with Gasteiger partial charge in [-0.25, -0.2) is 0 Å². The molecule has 2 rings (SSSR count). The predicted molar refractivity (Wildman–Crippen MR) is 106 cm³/mol. The smallest absolute Gasteiger partial charge is 0.319 e. The number of Topliss-reactive ketones (excluding diaryl/α,β-unsaturated/α-hetero) is 1. The van der Waals surface area contributed by atoms with Crippen molar-refractivity contribution in [3.05, 3.63) is 0 Å². The first-order chi connectivity index (χ1) is 12.6. The lowest BCUT2D eigenvalue weighted by Gasteiger charge is -2.38. The summed E-state index contributed by atoms with van der Waals surface area (Å²) in [6.45, 7) is 8.48. The molecule has 0 unspecified atom stereocenters. The molecule has 4 atom stereocenters. The Morgan fingerprint density at radius 2 is 1.70 bits per heavy atom. The molecule has 1 N–H and O–H groups in total. The number of nitrogens with zero attached hydrogens (tertiary/aromatic N) is 1. The molecule has 1 saturated heterocycles. The molecule has 0 aromatic rings. The summed E-state index contributed by atoms with van der Waals surface area (Å²) in [5.74, 6) is -0.0851. The van der Waals surface area contributed by atoms with Gasteiger partial charge >= 0.3 is 5.97 Å². The minimum atomic E-state index is -1.17. The van der Waals surface area contributed by atoms with E-state index in [9.17, 15) is 14.7 Å². The van der Waals surface area contributed by atoms with Crippen LogP contribution in [0.2, 0.25) is 0 Å². The molecule has 0 aromatic heterocycles. The molecular weight excluding hydrogens is 342 g/mol. The van der Waals surface area contributed by atoms with Crippen LogP contribution in [0.3, 0.4) is 0 Å². The fraction of sp³-hybridized carbons (Fsp3) is 0.909. The number of rotatable bonds is 1.